The van der Waals surface area contributed by atoms with Crippen molar-refractivity contribution >= 4 is 43.0 Å². The second-order valence-electron chi connectivity index (χ2n) is 17.7. The molecule has 0 spiro atoms. The quantitative estimate of drug-likeness (QED) is 0.0400. The number of hydrogen-bond acceptors (Lipinski definition) is 13. The summed E-state index contributed by atoms with van der Waals surface area (Å²) in [6, 6.07) is 7.05. The molecular formula is C46H73N6O13P. The number of aliphatic hydroxyl groups excluding tert-OH is 3. The summed E-state index contributed by atoms with van der Waals surface area (Å²) in [7, 11) is -4.84. The van der Waals surface area contributed by atoms with Gasteiger partial charge in [0.2, 0.25) is 23.6 Å². The fraction of sp³-hybridized carbons (Fsp3) is 0.674. The number of nitrogens with two attached hydrogens (primary N) is 1. The first-order valence-corrected chi connectivity index (χ1v) is 24.7. The minimum Gasteiger partial charge on any atom is -0.394 e. The Morgan fingerprint density at radius 1 is 0.924 bits per heavy atom. The molecule has 4 amide bonds. The lowest BCUT2D eigenvalue weighted by Gasteiger charge is -2.27. The Balaban J connectivity index is 1.76. The summed E-state index contributed by atoms with van der Waals surface area (Å²) in [4.78, 5) is 96.4. The van der Waals surface area contributed by atoms with Gasteiger partial charge in [0.15, 0.2) is 11.6 Å². The van der Waals surface area contributed by atoms with Gasteiger partial charge < -0.3 is 46.0 Å². The number of aryl methyl sites for hydroxylation is 2. The van der Waals surface area contributed by atoms with Crippen molar-refractivity contribution in [3.8, 4) is 0 Å². The minimum atomic E-state index is -4.84. The van der Waals surface area contributed by atoms with Gasteiger partial charge >= 0.3 is 7.82 Å². The number of carbonyl (C=O) groups is 6. The van der Waals surface area contributed by atoms with Crippen molar-refractivity contribution in [3.63, 3.8) is 0 Å². The van der Waals surface area contributed by atoms with Crippen LogP contribution in [-0.2, 0) is 61.8 Å². The Kier molecular flexibility index (Phi) is 24.4. The fourth-order valence-electron chi connectivity index (χ4n) is 8.09. The number of unbranched alkanes of at least 4 members (excludes halogenated alkanes) is 5. The van der Waals surface area contributed by atoms with Crippen LogP contribution in [0.3, 0.4) is 0 Å². The maximum absolute atomic E-state index is 14.2. The third kappa shape index (κ3) is 19.5. The zero-order valence-electron chi connectivity index (χ0n) is 38.9. The van der Waals surface area contributed by atoms with Crippen molar-refractivity contribution in [3.05, 3.63) is 54.1 Å². The predicted molar refractivity (Wildman–Crippen MR) is 244 cm³/mol. The van der Waals surface area contributed by atoms with Gasteiger partial charge in [0.1, 0.15) is 12.1 Å². The maximum Gasteiger partial charge on any atom is 0.472 e. The van der Waals surface area contributed by atoms with Crippen LogP contribution in [0.15, 0.2) is 42.9 Å². The molecule has 0 bridgehead atoms. The number of phosphoric acid groups is 1. The van der Waals surface area contributed by atoms with Crippen LogP contribution < -0.4 is 16.4 Å². The molecule has 1 unspecified atom stereocenters. The highest BCUT2D eigenvalue weighted by molar-refractivity contribution is 7.47. The number of primary amides is 1. The molecule has 1 aromatic carbocycles. The third-order valence-electron chi connectivity index (χ3n) is 11.9. The van der Waals surface area contributed by atoms with Gasteiger partial charge in [0.05, 0.1) is 56.2 Å². The second-order valence-corrected chi connectivity index (χ2v) is 19.1. The number of Topliss-reactive ketones (excluding diaryl/α,β-unsaturated/α-hetero) is 2. The summed E-state index contributed by atoms with van der Waals surface area (Å²) >= 11 is 0. The zero-order valence-corrected chi connectivity index (χ0v) is 39.8. The molecule has 1 aliphatic rings. The van der Waals surface area contributed by atoms with Crippen molar-refractivity contribution in [2.45, 2.75) is 154 Å². The van der Waals surface area contributed by atoms with Crippen molar-refractivity contribution < 1.29 is 62.6 Å². The van der Waals surface area contributed by atoms with Gasteiger partial charge in [0.25, 0.3) is 0 Å². The van der Waals surface area contributed by atoms with Gasteiger partial charge in [-0.25, -0.2) is 9.55 Å². The maximum atomic E-state index is 14.2. The van der Waals surface area contributed by atoms with E-state index in [2.05, 4.69) is 27.8 Å². The number of nitrogens with zero attached hydrogens (tertiary/aromatic N) is 3. The number of ketones is 2. The van der Waals surface area contributed by atoms with E-state index >= 15 is 0 Å². The van der Waals surface area contributed by atoms with Crippen molar-refractivity contribution in [1.29, 1.82) is 0 Å². The zero-order chi connectivity index (χ0) is 48.8. The summed E-state index contributed by atoms with van der Waals surface area (Å²) in [6.07, 6.45) is 7.83. The minimum absolute atomic E-state index is 0.00237. The molecule has 19 nitrogen and oxygen atoms in total. The Labute approximate surface area is 388 Å². The number of amides is 4. The molecule has 0 aliphatic carbocycles. The summed E-state index contributed by atoms with van der Waals surface area (Å²) in [5.74, 6) is -6.57. The van der Waals surface area contributed by atoms with Gasteiger partial charge in [-0.3, -0.25) is 37.8 Å². The average Bonchev–Trinajstić information content (AvgIpc) is 3.95. The van der Waals surface area contributed by atoms with Gasteiger partial charge in [-0.05, 0) is 63.4 Å². The number of hydrogen-bond donors (Lipinski definition) is 7. The highest BCUT2D eigenvalue weighted by Crippen LogP contribution is 2.46. The molecule has 1 fully saturated rings. The molecule has 370 valence electrons. The van der Waals surface area contributed by atoms with E-state index < -0.39 is 106 Å². The number of benzene rings is 1. The SMILES string of the molecule is CC(=O)N1CCC[C@H]1C(=O)N[C@@H](CC(C)C)C(=O)C[C@@H](Cc1cncn1CCCCCCCCc1ccccc1)C(=O)N[C@@H](CO)C(=O)C[C@H](C(N)=O)[C@@H](C)OP(=O)(O)OCC[C@H](O)CO. The summed E-state index contributed by atoms with van der Waals surface area (Å²) < 4.78 is 24.3. The molecular weight excluding hydrogens is 876 g/mol. The first-order valence-electron chi connectivity index (χ1n) is 23.2. The molecule has 1 aromatic heterocycles. The van der Waals surface area contributed by atoms with Gasteiger partial charge in [-0.15, -0.1) is 0 Å². The van der Waals surface area contributed by atoms with Gasteiger partial charge in [0, 0.05) is 51.2 Å². The number of phosphoric ester groups is 1. The van der Waals surface area contributed by atoms with E-state index in [1.807, 2.05) is 36.6 Å². The standard InChI is InChI=1S/C46H73N6O13P/c1-31(2)23-39(49-46(61)41-18-14-21-52(41)33(4)55)42(57)25-35(24-36-27-48-30-51(36)20-13-8-6-5-7-10-15-34-16-11-9-12-17-34)45(60)50-40(29-54)43(58)26-38(44(47)59)32(3)65-66(62,63)64-22-19-37(56)28-53/h9,11-12,16-17,27,30-32,35,37-41,53-54,56H,5-8,10,13-15,18-26,28-29H2,1-4H3,(H2,47,59)(H,49,61)(H,50,60)(H,62,63)/t32-,35-,37+,38+,39+,40+,41+/m1/s1. The largest absolute Gasteiger partial charge is 0.472 e. The highest BCUT2D eigenvalue weighted by atomic mass is 31.2. The van der Waals surface area contributed by atoms with Crippen LogP contribution in [0.5, 0.6) is 0 Å². The van der Waals surface area contributed by atoms with Crippen LogP contribution in [-0.4, -0.2) is 127 Å². The van der Waals surface area contributed by atoms with Crippen LogP contribution in [0, 0.1) is 17.8 Å². The molecule has 2 heterocycles. The lowest BCUT2D eigenvalue weighted by molar-refractivity contribution is -0.138. The molecule has 0 saturated carbocycles. The molecule has 66 heavy (non-hydrogen) atoms. The highest BCUT2D eigenvalue weighted by Gasteiger charge is 2.38. The lowest BCUT2D eigenvalue weighted by Crippen LogP contribution is -2.52. The van der Waals surface area contributed by atoms with E-state index in [1.165, 1.54) is 24.3 Å². The average molecular weight is 949 g/mol. The molecule has 3 rings (SSSR count). The number of imidazole rings is 1. The van der Waals surface area contributed by atoms with E-state index in [4.69, 9.17) is 19.9 Å². The van der Waals surface area contributed by atoms with E-state index in [9.17, 15) is 48.4 Å². The fourth-order valence-corrected chi connectivity index (χ4v) is 9.05. The van der Waals surface area contributed by atoms with Gasteiger partial charge in [-0.2, -0.15) is 0 Å². The van der Waals surface area contributed by atoms with E-state index in [-0.39, 0.29) is 37.5 Å². The van der Waals surface area contributed by atoms with Crippen LogP contribution in [0.25, 0.3) is 0 Å². The number of aromatic nitrogens is 2. The lowest BCUT2D eigenvalue weighted by atomic mass is 9.89. The third-order valence-corrected chi connectivity index (χ3v) is 13.0. The van der Waals surface area contributed by atoms with Crippen molar-refractivity contribution in [1.82, 2.24) is 25.1 Å². The Morgan fingerprint density at radius 3 is 2.23 bits per heavy atom. The van der Waals surface area contributed by atoms with Crippen molar-refractivity contribution in [2.24, 2.45) is 23.5 Å². The Hall–Kier alpha value is -4.36. The molecule has 1 saturated heterocycles. The van der Waals surface area contributed by atoms with Crippen LogP contribution in [0.2, 0.25) is 0 Å². The first kappa shape index (κ1) is 56.0. The normalized spacial score (nSPS) is 17.6. The molecule has 2 aromatic rings. The summed E-state index contributed by atoms with van der Waals surface area (Å²) in [5, 5.41) is 34.2. The summed E-state index contributed by atoms with van der Waals surface area (Å²) in [6.45, 7) is 5.39. The number of rotatable bonds is 33. The molecule has 8 atom stereocenters. The van der Waals surface area contributed by atoms with Crippen molar-refractivity contribution in [2.75, 3.05) is 26.4 Å². The molecule has 0 radical (unpaired) electrons. The molecule has 8 N–H and O–H groups in total. The smallest absolute Gasteiger partial charge is 0.394 e. The summed E-state index contributed by atoms with van der Waals surface area (Å²) in [5.41, 5.74) is 7.53. The monoisotopic (exact) mass is 948 g/mol. The molecule has 1 aliphatic heterocycles. The van der Waals surface area contributed by atoms with E-state index in [1.54, 1.807) is 12.5 Å². The van der Waals surface area contributed by atoms with Crippen LogP contribution >= 0.6 is 7.82 Å². The Morgan fingerprint density at radius 2 is 1.59 bits per heavy atom. The number of nitrogens with one attached hydrogen (secondary N) is 2. The van der Waals surface area contributed by atoms with E-state index in [0.29, 0.717) is 31.6 Å². The van der Waals surface area contributed by atoms with E-state index in [0.717, 1.165) is 44.9 Å². The molecule has 20 heteroatoms. The van der Waals surface area contributed by atoms with Crippen LogP contribution in [0.1, 0.15) is 116 Å². The number of carbonyl (C=O) groups excluding carboxylic acids is 6. The predicted octanol–water partition coefficient (Wildman–Crippen LogP) is 2.93. The second kappa shape index (κ2) is 28.7. The van der Waals surface area contributed by atoms with Gasteiger partial charge in [-0.1, -0.05) is 69.9 Å². The Bertz CT molecular complexity index is 1900. The van der Waals surface area contributed by atoms with Crippen LogP contribution in [0.4, 0.5) is 0 Å². The topological polar surface area (TPSA) is 290 Å². The first-order chi connectivity index (χ1) is 31.3. The number of likely N-dealkylation sites (tertiary alicyclic amines) is 1. The number of aliphatic hydroxyl groups is 3.